The zero-order valence-corrected chi connectivity index (χ0v) is 8.73. The normalized spacial score (nSPS) is 11.0. The van der Waals surface area contributed by atoms with Gasteiger partial charge >= 0.3 is 5.97 Å². The van der Waals surface area contributed by atoms with Crippen molar-refractivity contribution >= 4 is 21.9 Å². The molecular weight excluding hydrogens is 236 g/mol. The Morgan fingerprint density at radius 3 is 2.15 bits per heavy atom. The summed E-state index contributed by atoms with van der Waals surface area (Å²) >= 11 is 2.94. The van der Waals surface area contributed by atoms with Crippen molar-refractivity contribution in [2.24, 2.45) is 0 Å². The number of halogens is 1. The van der Waals surface area contributed by atoms with Crippen molar-refractivity contribution in [1.29, 1.82) is 0 Å². The summed E-state index contributed by atoms with van der Waals surface area (Å²) in [7, 11) is 0. The zero-order chi connectivity index (χ0) is 10.3. The van der Waals surface area contributed by atoms with Gasteiger partial charge in [-0.3, -0.25) is 0 Å². The molecule has 1 unspecified atom stereocenters. The third-order valence-electron chi connectivity index (χ3n) is 1.35. The van der Waals surface area contributed by atoms with E-state index in [-0.39, 0.29) is 0 Å². The van der Waals surface area contributed by atoms with Crippen LogP contribution in [0.2, 0.25) is 0 Å². The molecule has 0 saturated carbocycles. The molecule has 3 nitrogen and oxygen atoms in total. The lowest BCUT2D eigenvalue weighted by molar-refractivity contribution is -0.146. The van der Waals surface area contributed by atoms with Crippen molar-refractivity contribution < 1.29 is 15.0 Å². The second kappa shape index (κ2) is 6.62. The van der Waals surface area contributed by atoms with Crippen LogP contribution in [0.5, 0.6) is 0 Å². The van der Waals surface area contributed by atoms with Crippen LogP contribution in [0.1, 0.15) is 11.7 Å². The van der Waals surface area contributed by atoms with E-state index in [0.717, 1.165) is 0 Å². The highest BCUT2D eigenvalue weighted by molar-refractivity contribution is 9.08. The fraction of sp³-hybridized carbons (Fsp3) is 0.222. The Bertz CT molecular complexity index is 248. The number of benzene rings is 1. The summed E-state index contributed by atoms with van der Waals surface area (Å²) in [5.41, 5.74) is 0.403. The molecular formula is C9H11BrO3. The average Bonchev–Trinajstić information content (AvgIpc) is 2.21. The first kappa shape index (κ1) is 12.1. The molecule has 0 radical (unpaired) electrons. The molecule has 13 heavy (non-hydrogen) atoms. The summed E-state index contributed by atoms with van der Waals surface area (Å²) < 4.78 is 0. The molecule has 0 aromatic heterocycles. The van der Waals surface area contributed by atoms with Gasteiger partial charge in [0.2, 0.25) is 0 Å². The van der Waals surface area contributed by atoms with Gasteiger partial charge < -0.3 is 10.2 Å². The largest absolute Gasteiger partial charge is 0.479 e. The van der Waals surface area contributed by atoms with Gasteiger partial charge in [-0.1, -0.05) is 46.3 Å². The molecule has 0 saturated heterocycles. The third-order valence-corrected chi connectivity index (χ3v) is 1.35. The molecule has 1 rings (SSSR count). The second-order valence-electron chi connectivity index (χ2n) is 2.15. The van der Waals surface area contributed by atoms with E-state index in [1.54, 1.807) is 30.3 Å². The summed E-state index contributed by atoms with van der Waals surface area (Å²) in [6.07, 6.45) is -1.41. The number of hydrogen-bond donors (Lipinski definition) is 2. The SMILES string of the molecule is CBr.O=C(O)C(O)c1ccccc1. The first-order chi connectivity index (χ1) is 6.22. The number of aliphatic hydroxyl groups is 1. The van der Waals surface area contributed by atoms with Gasteiger partial charge in [0, 0.05) is 0 Å². The van der Waals surface area contributed by atoms with Gasteiger partial charge in [0.05, 0.1) is 0 Å². The molecule has 0 amide bonds. The molecule has 0 aliphatic rings. The van der Waals surface area contributed by atoms with Crippen LogP contribution in [0.15, 0.2) is 30.3 Å². The van der Waals surface area contributed by atoms with Gasteiger partial charge in [0.1, 0.15) is 0 Å². The minimum Gasteiger partial charge on any atom is -0.479 e. The molecule has 0 fully saturated rings. The van der Waals surface area contributed by atoms with Gasteiger partial charge in [-0.25, -0.2) is 4.79 Å². The Morgan fingerprint density at radius 2 is 1.77 bits per heavy atom. The summed E-state index contributed by atoms with van der Waals surface area (Å²) in [6, 6.07) is 8.26. The third kappa shape index (κ3) is 4.05. The van der Waals surface area contributed by atoms with Crippen molar-refractivity contribution in [3.05, 3.63) is 35.9 Å². The molecule has 0 aliphatic heterocycles. The molecule has 0 bridgehead atoms. The fourth-order valence-electron chi connectivity index (χ4n) is 0.778. The van der Waals surface area contributed by atoms with E-state index >= 15 is 0 Å². The minimum absolute atomic E-state index is 0.403. The molecule has 0 aliphatic carbocycles. The number of carboxylic acid groups (broad SMARTS) is 1. The summed E-state index contributed by atoms with van der Waals surface area (Å²) in [6.45, 7) is 0. The topological polar surface area (TPSA) is 57.5 Å². The summed E-state index contributed by atoms with van der Waals surface area (Å²) in [4.78, 5) is 10.2. The number of carbonyl (C=O) groups is 1. The van der Waals surface area contributed by atoms with E-state index in [0.29, 0.717) is 5.56 Å². The standard InChI is InChI=1S/C8H8O3.CH3Br/c9-7(8(10)11)6-4-2-1-3-5-6;1-2/h1-5,7,9H,(H,10,11);1H3. The predicted molar refractivity (Wildman–Crippen MR) is 53.9 cm³/mol. The number of aliphatic hydroxyl groups excluding tert-OH is 1. The number of rotatable bonds is 2. The van der Waals surface area contributed by atoms with Crippen molar-refractivity contribution in [1.82, 2.24) is 0 Å². The Kier molecular flexibility index (Phi) is 6.18. The smallest absolute Gasteiger partial charge is 0.337 e. The number of alkyl halides is 1. The van der Waals surface area contributed by atoms with Crippen molar-refractivity contribution in [3.8, 4) is 0 Å². The van der Waals surface area contributed by atoms with Gasteiger partial charge in [0.15, 0.2) is 6.10 Å². The summed E-state index contributed by atoms with van der Waals surface area (Å²) in [5.74, 6) is 0.587. The number of hydrogen-bond acceptors (Lipinski definition) is 2. The average molecular weight is 247 g/mol. The van der Waals surface area contributed by atoms with Crippen LogP contribution in [-0.2, 0) is 4.79 Å². The van der Waals surface area contributed by atoms with E-state index in [9.17, 15) is 4.79 Å². The molecule has 2 N–H and O–H groups in total. The quantitative estimate of drug-likeness (QED) is 0.783. The number of carboxylic acids is 1. The molecule has 0 spiro atoms. The van der Waals surface area contributed by atoms with Gasteiger partial charge in [0.25, 0.3) is 0 Å². The van der Waals surface area contributed by atoms with Crippen LogP contribution in [0.4, 0.5) is 0 Å². The Balaban J connectivity index is 0.000000671. The molecule has 1 aromatic rings. The summed E-state index contributed by atoms with van der Waals surface area (Å²) in [5, 5.41) is 17.4. The first-order valence-corrected chi connectivity index (χ1v) is 5.14. The zero-order valence-electron chi connectivity index (χ0n) is 7.14. The Morgan fingerprint density at radius 1 is 1.31 bits per heavy atom. The predicted octanol–water partition coefficient (Wildman–Crippen LogP) is 1.82. The Labute approximate surface area is 85.1 Å². The van der Waals surface area contributed by atoms with Crippen molar-refractivity contribution in [2.45, 2.75) is 6.10 Å². The monoisotopic (exact) mass is 246 g/mol. The first-order valence-electron chi connectivity index (χ1n) is 3.55. The molecule has 1 atom stereocenters. The highest BCUT2D eigenvalue weighted by atomic mass is 79.9. The highest BCUT2D eigenvalue weighted by Crippen LogP contribution is 2.10. The highest BCUT2D eigenvalue weighted by Gasteiger charge is 2.14. The van der Waals surface area contributed by atoms with Crippen LogP contribution >= 0.6 is 15.9 Å². The van der Waals surface area contributed by atoms with Crippen LogP contribution in [-0.4, -0.2) is 22.0 Å². The van der Waals surface area contributed by atoms with E-state index in [2.05, 4.69) is 15.9 Å². The van der Waals surface area contributed by atoms with E-state index in [1.165, 1.54) is 0 Å². The lowest BCUT2D eigenvalue weighted by atomic mass is 10.1. The lowest BCUT2D eigenvalue weighted by Gasteiger charge is -2.03. The Hall–Kier alpha value is -0.870. The van der Waals surface area contributed by atoms with Crippen LogP contribution in [0.25, 0.3) is 0 Å². The van der Waals surface area contributed by atoms with Crippen molar-refractivity contribution in [3.63, 3.8) is 0 Å². The molecule has 72 valence electrons. The van der Waals surface area contributed by atoms with Gasteiger partial charge in [-0.2, -0.15) is 0 Å². The maximum absolute atomic E-state index is 10.2. The number of aliphatic carboxylic acids is 1. The molecule has 1 aromatic carbocycles. The minimum atomic E-state index is -1.41. The molecule has 0 heterocycles. The lowest BCUT2D eigenvalue weighted by Crippen LogP contribution is -2.09. The van der Waals surface area contributed by atoms with Crippen LogP contribution in [0, 0.1) is 0 Å². The van der Waals surface area contributed by atoms with E-state index in [1.807, 2.05) is 5.83 Å². The van der Waals surface area contributed by atoms with Crippen LogP contribution in [0.3, 0.4) is 0 Å². The van der Waals surface area contributed by atoms with Crippen LogP contribution < -0.4 is 0 Å². The second-order valence-corrected chi connectivity index (χ2v) is 2.15. The van der Waals surface area contributed by atoms with E-state index < -0.39 is 12.1 Å². The fourth-order valence-corrected chi connectivity index (χ4v) is 0.778. The van der Waals surface area contributed by atoms with Gasteiger partial charge in [-0.15, -0.1) is 0 Å². The van der Waals surface area contributed by atoms with Crippen molar-refractivity contribution in [2.75, 3.05) is 5.83 Å². The van der Waals surface area contributed by atoms with Gasteiger partial charge in [-0.05, 0) is 11.4 Å². The van der Waals surface area contributed by atoms with E-state index in [4.69, 9.17) is 10.2 Å². The molecule has 4 heteroatoms. The maximum atomic E-state index is 10.2. The maximum Gasteiger partial charge on any atom is 0.337 e.